The van der Waals surface area contributed by atoms with Gasteiger partial charge in [0.25, 0.3) is 5.89 Å². The van der Waals surface area contributed by atoms with Gasteiger partial charge in [-0.1, -0.05) is 71.5 Å². The summed E-state index contributed by atoms with van der Waals surface area (Å²) in [5, 5.41) is 7.73. The zero-order valence-corrected chi connectivity index (χ0v) is 14.1. The van der Waals surface area contributed by atoms with E-state index in [4.69, 9.17) is 9.05 Å². The molecule has 0 N–H and O–H groups in total. The van der Waals surface area contributed by atoms with E-state index in [1.807, 2.05) is 43.3 Å². The highest BCUT2D eigenvalue weighted by molar-refractivity contribution is 5.71. The number of allylic oxidation sites excluding steroid dienone is 5. The van der Waals surface area contributed by atoms with E-state index in [2.05, 4.69) is 21.9 Å². The van der Waals surface area contributed by atoms with E-state index in [0.717, 1.165) is 5.56 Å². The van der Waals surface area contributed by atoms with Crippen LogP contribution in [0.3, 0.4) is 0 Å². The topological polar surface area (TPSA) is 87.0 Å². The van der Waals surface area contributed by atoms with Crippen molar-refractivity contribution in [1.82, 2.24) is 19.9 Å². The molecular weight excluding hydrogens is 332 g/mol. The quantitative estimate of drug-likeness (QED) is 0.632. The van der Waals surface area contributed by atoms with Crippen LogP contribution in [0.25, 0.3) is 29.2 Å². The second-order valence-corrected chi connectivity index (χ2v) is 5.12. The van der Waals surface area contributed by atoms with Crippen LogP contribution in [0.5, 0.6) is 0 Å². The molecular formula is C19H16N4O3. The van der Waals surface area contributed by atoms with Crippen molar-refractivity contribution >= 4 is 17.8 Å². The summed E-state index contributed by atoms with van der Waals surface area (Å²) in [4.78, 5) is 16.2. The number of rotatable bonds is 6. The van der Waals surface area contributed by atoms with Crippen molar-refractivity contribution in [3.8, 4) is 11.4 Å². The van der Waals surface area contributed by atoms with Crippen molar-refractivity contribution in [1.29, 1.82) is 0 Å². The summed E-state index contributed by atoms with van der Waals surface area (Å²) in [5.41, 5.74) is 1.54. The molecule has 0 fully saturated rings. The molecule has 0 aliphatic carbocycles. The fraction of sp³-hybridized carbons (Fsp3) is 0.0526. The van der Waals surface area contributed by atoms with E-state index in [-0.39, 0.29) is 5.89 Å². The van der Waals surface area contributed by atoms with Crippen LogP contribution in [0.2, 0.25) is 0 Å². The van der Waals surface area contributed by atoms with E-state index in [0.29, 0.717) is 17.2 Å². The number of benzene rings is 1. The van der Waals surface area contributed by atoms with E-state index in [9.17, 15) is 4.79 Å². The zero-order valence-electron chi connectivity index (χ0n) is 14.1. The second kappa shape index (κ2) is 7.89. The third kappa shape index (κ3) is 3.67. The maximum atomic E-state index is 11.9. The molecule has 0 bridgehead atoms. The average molecular weight is 348 g/mol. The Morgan fingerprint density at radius 3 is 2.73 bits per heavy atom. The summed E-state index contributed by atoms with van der Waals surface area (Å²) in [6.45, 7) is 5.46. The average Bonchev–Trinajstić information content (AvgIpc) is 3.29. The predicted molar refractivity (Wildman–Crippen MR) is 98.7 cm³/mol. The summed E-state index contributed by atoms with van der Waals surface area (Å²) in [6.07, 6.45) is 9.95. The summed E-state index contributed by atoms with van der Waals surface area (Å²) >= 11 is 0. The third-order valence-electron chi connectivity index (χ3n) is 3.46. The lowest BCUT2D eigenvalue weighted by atomic mass is 10.2. The van der Waals surface area contributed by atoms with Crippen molar-refractivity contribution in [2.75, 3.05) is 0 Å². The van der Waals surface area contributed by atoms with Crippen LogP contribution >= 0.6 is 0 Å². The van der Waals surface area contributed by atoms with Crippen LogP contribution in [0, 0.1) is 0 Å². The largest absolute Gasteiger partial charge is 0.446 e. The van der Waals surface area contributed by atoms with Gasteiger partial charge in [0, 0.05) is 23.4 Å². The van der Waals surface area contributed by atoms with Gasteiger partial charge >= 0.3 is 5.76 Å². The highest BCUT2D eigenvalue weighted by atomic mass is 16.5. The molecule has 2 aromatic heterocycles. The zero-order chi connectivity index (χ0) is 18.4. The number of hydrogen-bond donors (Lipinski definition) is 0. The molecule has 7 heteroatoms. The first-order valence-corrected chi connectivity index (χ1v) is 7.84. The Bertz CT molecular complexity index is 1040. The van der Waals surface area contributed by atoms with Crippen LogP contribution in [-0.2, 0) is 0 Å². The Kier molecular flexibility index (Phi) is 5.19. The summed E-state index contributed by atoms with van der Waals surface area (Å²) in [6, 6.07) is 9.44. The molecule has 0 spiro atoms. The highest BCUT2D eigenvalue weighted by Crippen LogP contribution is 2.16. The van der Waals surface area contributed by atoms with Crippen LogP contribution in [0.15, 0.2) is 75.1 Å². The van der Waals surface area contributed by atoms with Crippen LogP contribution < -0.4 is 5.76 Å². The normalized spacial score (nSPS) is 12.3. The lowest BCUT2D eigenvalue weighted by Crippen LogP contribution is -2.10. The van der Waals surface area contributed by atoms with Gasteiger partial charge in [-0.05, 0) is 6.92 Å². The van der Waals surface area contributed by atoms with E-state index in [1.54, 1.807) is 18.2 Å². The lowest BCUT2D eigenvalue weighted by Gasteiger charge is -1.98. The predicted octanol–water partition coefficient (Wildman–Crippen LogP) is 3.66. The van der Waals surface area contributed by atoms with Crippen molar-refractivity contribution in [3.63, 3.8) is 0 Å². The molecule has 130 valence electrons. The molecule has 2 heterocycles. The molecule has 0 aliphatic heterocycles. The van der Waals surface area contributed by atoms with Gasteiger partial charge in [0.15, 0.2) is 5.82 Å². The SMILES string of the molecule is C=C/C=C\C(=C/C)c1noc(=O)n1/C=C\c1nc(-c2ccccc2)no1. The van der Waals surface area contributed by atoms with Gasteiger partial charge in [0.05, 0.1) is 0 Å². The van der Waals surface area contributed by atoms with Crippen molar-refractivity contribution < 1.29 is 9.05 Å². The number of aromatic nitrogens is 4. The van der Waals surface area contributed by atoms with Gasteiger partial charge in [0.2, 0.25) is 5.82 Å². The Balaban J connectivity index is 1.89. The lowest BCUT2D eigenvalue weighted by molar-refractivity contribution is 0.382. The smallest absolute Gasteiger partial charge is 0.334 e. The fourth-order valence-electron chi connectivity index (χ4n) is 2.20. The maximum absolute atomic E-state index is 11.9. The first-order valence-electron chi connectivity index (χ1n) is 7.84. The summed E-state index contributed by atoms with van der Waals surface area (Å²) < 4.78 is 11.2. The minimum absolute atomic E-state index is 0.256. The van der Waals surface area contributed by atoms with E-state index in [1.165, 1.54) is 16.8 Å². The molecule has 0 saturated heterocycles. The molecule has 3 aromatic rings. The van der Waals surface area contributed by atoms with Gasteiger partial charge < -0.3 is 4.52 Å². The standard InChI is InChI=1S/C19H16N4O3/c1-3-5-9-14(4-2)18-22-26-19(24)23(18)13-12-16-20-17(21-25-16)15-10-7-6-8-11-15/h3-13H,1H2,2H3/b9-5-,13-12-,14-4+. The molecule has 7 nitrogen and oxygen atoms in total. The summed E-state index contributed by atoms with van der Waals surface area (Å²) in [7, 11) is 0. The molecule has 0 unspecified atom stereocenters. The van der Waals surface area contributed by atoms with Gasteiger partial charge in [0.1, 0.15) is 0 Å². The van der Waals surface area contributed by atoms with E-state index < -0.39 is 5.76 Å². The highest BCUT2D eigenvalue weighted by Gasteiger charge is 2.12. The van der Waals surface area contributed by atoms with Gasteiger partial charge in [-0.2, -0.15) is 4.98 Å². The van der Waals surface area contributed by atoms with Crippen LogP contribution in [-0.4, -0.2) is 19.9 Å². The van der Waals surface area contributed by atoms with Crippen LogP contribution in [0.1, 0.15) is 18.6 Å². The van der Waals surface area contributed by atoms with Crippen molar-refractivity contribution in [2.45, 2.75) is 6.92 Å². The molecule has 0 saturated carbocycles. The molecule has 1 aromatic carbocycles. The summed E-state index contributed by atoms with van der Waals surface area (Å²) in [5.74, 6) is 0.456. The Labute approximate surface area is 149 Å². The van der Waals surface area contributed by atoms with Crippen LogP contribution in [0.4, 0.5) is 0 Å². The number of nitrogens with zero attached hydrogens (tertiary/aromatic N) is 4. The Morgan fingerprint density at radius 1 is 1.19 bits per heavy atom. The fourth-order valence-corrected chi connectivity index (χ4v) is 2.20. The minimum Gasteiger partial charge on any atom is -0.334 e. The molecule has 3 rings (SSSR count). The molecule has 0 radical (unpaired) electrons. The molecule has 0 aliphatic rings. The second-order valence-electron chi connectivity index (χ2n) is 5.12. The first-order chi connectivity index (χ1) is 12.7. The Morgan fingerprint density at radius 2 is 2.00 bits per heavy atom. The van der Waals surface area contributed by atoms with Gasteiger partial charge in [-0.25, -0.2) is 9.36 Å². The van der Waals surface area contributed by atoms with Crippen molar-refractivity contribution in [2.24, 2.45) is 0 Å². The minimum atomic E-state index is -0.620. The first kappa shape index (κ1) is 17.1. The van der Waals surface area contributed by atoms with Gasteiger partial charge in [-0.15, -0.1) is 0 Å². The number of hydrogen-bond acceptors (Lipinski definition) is 6. The Hall–Kier alpha value is -3.74. The maximum Gasteiger partial charge on any atom is 0.446 e. The van der Waals surface area contributed by atoms with E-state index >= 15 is 0 Å². The third-order valence-corrected chi connectivity index (χ3v) is 3.46. The molecule has 26 heavy (non-hydrogen) atoms. The van der Waals surface area contributed by atoms with Gasteiger partial charge in [-0.3, -0.25) is 4.52 Å². The van der Waals surface area contributed by atoms with Crippen molar-refractivity contribution in [3.05, 3.63) is 83.5 Å². The monoisotopic (exact) mass is 348 g/mol. The molecule has 0 atom stereocenters. The molecule has 0 amide bonds.